The topological polar surface area (TPSA) is 74.7 Å². The molecular formula is C14H21NO4S. The monoisotopic (exact) mass is 299 g/mol. The average Bonchev–Trinajstić information content (AvgIpc) is 2.39. The van der Waals surface area contributed by atoms with Gasteiger partial charge in [-0.25, -0.2) is 8.42 Å². The maximum atomic E-state index is 11.7. The Balaban J connectivity index is 2.98. The number of aliphatic carboxylic acids is 1. The normalized spacial score (nSPS) is 12.9. The standard InChI is InChI=1S/C14H21NO4S/c1-4-15(11(3)10-14(16)17)12-6-8-13(9-7-12)20(18,19)5-2/h6-9,11H,4-5,10H2,1-3H3,(H,16,17). The van der Waals surface area contributed by atoms with Crippen LogP contribution in [0.2, 0.25) is 0 Å². The van der Waals surface area contributed by atoms with Crippen LogP contribution in [0.5, 0.6) is 0 Å². The summed E-state index contributed by atoms with van der Waals surface area (Å²) in [6.45, 7) is 6.05. The number of carboxylic acids is 1. The molecule has 20 heavy (non-hydrogen) atoms. The van der Waals surface area contributed by atoms with Gasteiger partial charge in [-0.1, -0.05) is 6.92 Å². The van der Waals surface area contributed by atoms with Gasteiger partial charge in [0.15, 0.2) is 9.84 Å². The summed E-state index contributed by atoms with van der Waals surface area (Å²) in [5.41, 5.74) is 0.830. The quantitative estimate of drug-likeness (QED) is 0.835. The lowest BCUT2D eigenvalue weighted by Gasteiger charge is -2.29. The number of rotatable bonds is 7. The van der Waals surface area contributed by atoms with Gasteiger partial charge in [0.2, 0.25) is 0 Å². The fourth-order valence-corrected chi connectivity index (χ4v) is 3.01. The minimum atomic E-state index is -3.20. The first-order valence-electron chi connectivity index (χ1n) is 6.63. The molecular weight excluding hydrogens is 278 g/mol. The summed E-state index contributed by atoms with van der Waals surface area (Å²) in [5, 5.41) is 8.85. The number of carbonyl (C=O) groups is 1. The summed E-state index contributed by atoms with van der Waals surface area (Å²) < 4.78 is 23.5. The van der Waals surface area contributed by atoms with Crippen molar-refractivity contribution >= 4 is 21.5 Å². The van der Waals surface area contributed by atoms with Crippen LogP contribution in [-0.2, 0) is 14.6 Å². The second kappa shape index (κ2) is 6.74. The molecule has 0 aliphatic rings. The first kappa shape index (κ1) is 16.5. The van der Waals surface area contributed by atoms with Gasteiger partial charge in [0.25, 0.3) is 0 Å². The lowest BCUT2D eigenvalue weighted by Crippen LogP contribution is -2.34. The molecule has 1 N–H and O–H groups in total. The fourth-order valence-electron chi connectivity index (χ4n) is 2.12. The van der Waals surface area contributed by atoms with Crippen molar-refractivity contribution in [1.29, 1.82) is 0 Å². The first-order valence-corrected chi connectivity index (χ1v) is 8.28. The molecule has 0 fully saturated rings. The zero-order valence-electron chi connectivity index (χ0n) is 12.0. The van der Waals surface area contributed by atoms with E-state index in [-0.39, 0.29) is 18.2 Å². The predicted molar refractivity (Wildman–Crippen MR) is 78.9 cm³/mol. The van der Waals surface area contributed by atoms with Gasteiger partial charge in [-0.05, 0) is 38.1 Å². The van der Waals surface area contributed by atoms with Crippen molar-refractivity contribution in [2.24, 2.45) is 0 Å². The average molecular weight is 299 g/mol. The Bertz CT molecular complexity index is 551. The second-order valence-corrected chi connectivity index (χ2v) is 6.91. The van der Waals surface area contributed by atoms with Gasteiger partial charge < -0.3 is 10.0 Å². The number of benzene rings is 1. The Morgan fingerprint density at radius 3 is 2.20 bits per heavy atom. The number of hydrogen-bond acceptors (Lipinski definition) is 4. The number of carboxylic acid groups (broad SMARTS) is 1. The largest absolute Gasteiger partial charge is 0.481 e. The second-order valence-electron chi connectivity index (χ2n) is 4.63. The van der Waals surface area contributed by atoms with Crippen LogP contribution in [0, 0.1) is 0 Å². The van der Waals surface area contributed by atoms with E-state index in [9.17, 15) is 13.2 Å². The maximum Gasteiger partial charge on any atom is 0.305 e. The molecule has 0 spiro atoms. The number of sulfone groups is 1. The van der Waals surface area contributed by atoms with E-state index in [1.807, 2.05) is 18.7 Å². The highest BCUT2D eigenvalue weighted by Crippen LogP contribution is 2.21. The van der Waals surface area contributed by atoms with Gasteiger partial charge in [-0.3, -0.25) is 4.79 Å². The van der Waals surface area contributed by atoms with Crippen LogP contribution in [-0.4, -0.2) is 37.8 Å². The molecule has 1 aromatic rings. The van der Waals surface area contributed by atoms with Gasteiger partial charge in [0.1, 0.15) is 0 Å². The lowest BCUT2D eigenvalue weighted by atomic mass is 10.1. The number of anilines is 1. The zero-order valence-corrected chi connectivity index (χ0v) is 12.9. The molecule has 0 amide bonds. The van der Waals surface area contributed by atoms with E-state index in [2.05, 4.69) is 0 Å². The summed E-state index contributed by atoms with van der Waals surface area (Å²) in [6, 6.07) is 6.45. The smallest absolute Gasteiger partial charge is 0.305 e. The molecule has 1 atom stereocenters. The van der Waals surface area contributed by atoms with Gasteiger partial charge in [-0.2, -0.15) is 0 Å². The predicted octanol–water partition coefficient (Wildman–Crippen LogP) is 2.17. The Labute approximate surface area is 120 Å². The van der Waals surface area contributed by atoms with E-state index in [1.54, 1.807) is 31.2 Å². The van der Waals surface area contributed by atoms with Crippen LogP contribution in [0.15, 0.2) is 29.2 Å². The van der Waals surface area contributed by atoms with Crippen LogP contribution in [0.25, 0.3) is 0 Å². The molecule has 0 saturated heterocycles. The van der Waals surface area contributed by atoms with Crippen LogP contribution >= 0.6 is 0 Å². The van der Waals surface area contributed by atoms with Crippen molar-refractivity contribution < 1.29 is 18.3 Å². The van der Waals surface area contributed by atoms with Crippen LogP contribution in [0.1, 0.15) is 27.2 Å². The Morgan fingerprint density at radius 2 is 1.80 bits per heavy atom. The molecule has 1 unspecified atom stereocenters. The van der Waals surface area contributed by atoms with Crippen molar-refractivity contribution in [3.05, 3.63) is 24.3 Å². The summed E-state index contributed by atoms with van der Waals surface area (Å²) in [5.74, 6) is -0.777. The molecule has 5 nitrogen and oxygen atoms in total. The molecule has 1 rings (SSSR count). The third-order valence-corrected chi connectivity index (χ3v) is 5.00. The number of hydrogen-bond donors (Lipinski definition) is 1. The van der Waals surface area contributed by atoms with E-state index in [4.69, 9.17) is 5.11 Å². The molecule has 0 aliphatic carbocycles. The van der Waals surface area contributed by atoms with Crippen LogP contribution in [0.3, 0.4) is 0 Å². The van der Waals surface area contributed by atoms with Gasteiger partial charge in [0.05, 0.1) is 17.1 Å². The summed E-state index contributed by atoms with van der Waals surface area (Å²) >= 11 is 0. The molecule has 0 bridgehead atoms. The third-order valence-electron chi connectivity index (χ3n) is 3.25. The van der Waals surface area contributed by atoms with E-state index < -0.39 is 15.8 Å². The van der Waals surface area contributed by atoms with Crippen molar-refractivity contribution in [3.63, 3.8) is 0 Å². The maximum absolute atomic E-state index is 11.7. The highest BCUT2D eigenvalue weighted by Gasteiger charge is 2.17. The lowest BCUT2D eigenvalue weighted by molar-refractivity contribution is -0.137. The summed E-state index contributed by atoms with van der Waals surface area (Å²) in [6.07, 6.45) is 0.0445. The molecule has 0 heterocycles. The third kappa shape index (κ3) is 3.96. The van der Waals surface area contributed by atoms with Gasteiger partial charge in [-0.15, -0.1) is 0 Å². The molecule has 0 aliphatic heterocycles. The Morgan fingerprint density at radius 1 is 1.25 bits per heavy atom. The van der Waals surface area contributed by atoms with E-state index >= 15 is 0 Å². The van der Waals surface area contributed by atoms with Crippen molar-refractivity contribution in [1.82, 2.24) is 0 Å². The van der Waals surface area contributed by atoms with E-state index in [0.29, 0.717) is 11.4 Å². The molecule has 6 heteroatoms. The number of nitrogens with zero attached hydrogens (tertiary/aromatic N) is 1. The fraction of sp³-hybridized carbons (Fsp3) is 0.500. The Kier molecular flexibility index (Phi) is 5.56. The minimum Gasteiger partial charge on any atom is -0.481 e. The van der Waals surface area contributed by atoms with Gasteiger partial charge in [0, 0.05) is 18.3 Å². The van der Waals surface area contributed by atoms with Crippen molar-refractivity contribution in [2.45, 2.75) is 38.1 Å². The summed E-state index contributed by atoms with van der Waals surface area (Å²) in [7, 11) is -3.20. The zero-order chi connectivity index (χ0) is 15.3. The van der Waals surface area contributed by atoms with Crippen molar-refractivity contribution in [3.8, 4) is 0 Å². The van der Waals surface area contributed by atoms with E-state index in [0.717, 1.165) is 5.69 Å². The van der Waals surface area contributed by atoms with Crippen molar-refractivity contribution in [2.75, 3.05) is 17.2 Å². The van der Waals surface area contributed by atoms with Crippen LogP contribution < -0.4 is 4.90 Å². The van der Waals surface area contributed by atoms with Crippen LogP contribution in [0.4, 0.5) is 5.69 Å². The molecule has 112 valence electrons. The Hall–Kier alpha value is -1.56. The van der Waals surface area contributed by atoms with E-state index in [1.165, 1.54) is 0 Å². The molecule has 0 saturated carbocycles. The highest BCUT2D eigenvalue weighted by molar-refractivity contribution is 7.91. The molecule has 0 radical (unpaired) electrons. The summed E-state index contributed by atoms with van der Waals surface area (Å²) in [4.78, 5) is 13.0. The molecule has 0 aromatic heterocycles. The SMILES string of the molecule is CCN(c1ccc(S(=O)(=O)CC)cc1)C(C)CC(=O)O. The minimum absolute atomic E-state index is 0.0445. The highest BCUT2D eigenvalue weighted by atomic mass is 32.2. The van der Waals surface area contributed by atoms with Gasteiger partial charge >= 0.3 is 5.97 Å². The molecule has 1 aromatic carbocycles. The first-order chi connectivity index (χ1) is 9.31.